The van der Waals surface area contributed by atoms with Crippen LogP contribution < -0.4 is 5.73 Å². The summed E-state index contributed by atoms with van der Waals surface area (Å²) in [6, 6.07) is 0. The SMILES string of the molecule is C=CC(=O)C1COC(CN)C1. The zero-order chi connectivity index (χ0) is 8.27. The van der Waals surface area contributed by atoms with E-state index in [-0.39, 0.29) is 17.8 Å². The predicted octanol–water partition coefficient (Wildman–Crippen LogP) is 0.105. The van der Waals surface area contributed by atoms with Crippen LogP contribution >= 0.6 is 0 Å². The van der Waals surface area contributed by atoms with Gasteiger partial charge in [-0.2, -0.15) is 0 Å². The van der Waals surface area contributed by atoms with Crippen molar-refractivity contribution in [1.82, 2.24) is 0 Å². The first-order valence-corrected chi connectivity index (χ1v) is 3.76. The van der Waals surface area contributed by atoms with Crippen molar-refractivity contribution in [3.8, 4) is 0 Å². The summed E-state index contributed by atoms with van der Waals surface area (Å²) in [5.41, 5.74) is 5.38. The fourth-order valence-corrected chi connectivity index (χ4v) is 1.23. The maximum Gasteiger partial charge on any atom is 0.160 e. The Morgan fingerprint density at radius 3 is 3.00 bits per heavy atom. The Morgan fingerprint density at radius 2 is 2.55 bits per heavy atom. The van der Waals surface area contributed by atoms with Crippen molar-refractivity contribution in [3.63, 3.8) is 0 Å². The first kappa shape index (κ1) is 8.43. The Balaban J connectivity index is 2.41. The van der Waals surface area contributed by atoms with Gasteiger partial charge in [0.25, 0.3) is 0 Å². The third kappa shape index (κ3) is 1.88. The van der Waals surface area contributed by atoms with E-state index in [1.54, 1.807) is 0 Å². The minimum absolute atomic E-state index is 0.000972. The third-order valence-corrected chi connectivity index (χ3v) is 1.95. The summed E-state index contributed by atoms with van der Waals surface area (Å²) in [6.45, 7) is 4.43. The molecule has 2 atom stereocenters. The lowest BCUT2D eigenvalue weighted by Gasteiger charge is -2.02. The van der Waals surface area contributed by atoms with Crippen molar-refractivity contribution >= 4 is 5.78 Å². The van der Waals surface area contributed by atoms with Gasteiger partial charge in [0.1, 0.15) is 0 Å². The van der Waals surface area contributed by atoms with E-state index in [0.717, 1.165) is 6.42 Å². The highest BCUT2D eigenvalue weighted by Crippen LogP contribution is 2.19. The van der Waals surface area contributed by atoms with Crippen molar-refractivity contribution < 1.29 is 9.53 Å². The first-order valence-electron chi connectivity index (χ1n) is 3.76. The molecule has 3 heteroatoms. The van der Waals surface area contributed by atoms with E-state index < -0.39 is 0 Å². The maximum absolute atomic E-state index is 11.0. The van der Waals surface area contributed by atoms with E-state index in [0.29, 0.717) is 13.2 Å². The number of hydrogen-bond donors (Lipinski definition) is 1. The van der Waals surface area contributed by atoms with Crippen LogP contribution in [0.15, 0.2) is 12.7 Å². The molecule has 0 aliphatic carbocycles. The molecule has 0 spiro atoms. The van der Waals surface area contributed by atoms with Crippen LogP contribution in [0.5, 0.6) is 0 Å². The lowest BCUT2D eigenvalue weighted by atomic mass is 10.0. The lowest BCUT2D eigenvalue weighted by molar-refractivity contribution is -0.118. The van der Waals surface area contributed by atoms with E-state index in [1.807, 2.05) is 0 Å². The molecule has 1 aliphatic heterocycles. The van der Waals surface area contributed by atoms with Crippen LogP contribution in [-0.2, 0) is 9.53 Å². The number of carbonyl (C=O) groups is 1. The van der Waals surface area contributed by atoms with Crippen molar-refractivity contribution in [2.75, 3.05) is 13.2 Å². The summed E-state index contributed by atoms with van der Waals surface area (Å²) in [5.74, 6) is 0.0713. The molecule has 0 bridgehead atoms. The van der Waals surface area contributed by atoms with Gasteiger partial charge in [0.05, 0.1) is 12.7 Å². The van der Waals surface area contributed by atoms with Crippen LogP contribution in [0.2, 0.25) is 0 Å². The Hall–Kier alpha value is -0.670. The Morgan fingerprint density at radius 1 is 1.82 bits per heavy atom. The fraction of sp³-hybridized carbons (Fsp3) is 0.625. The van der Waals surface area contributed by atoms with Gasteiger partial charge < -0.3 is 10.5 Å². The van der Waals surface area contributed by atoms with Crippen LogP contribution in [0, 0.1) is 5.92 Å². The van der Waals surface area contributed by atoms with Crippen LogP contribution in [-0.4, -0.2) is 25.0 Å². The molecule has 0 aromatic heterocycles. The summed E-state index contributed by atoms with van der Waals surface area (Å²) < 4.78 is 5.24. The lowest BCUT2D eigenvalue weighted by Crippen LogP contribution is -2.19. The number of hydrogen-bond acceptors (Lipinski definition) is 3. The first-order chi connectivity index (χ1) is 5.27. The highest BCUT2D eigenvalue weighted by atomic mass is 16.5. The average molecular weight is 155 g/mol. The largest absolute Gasteiger partial charge is 0.376 e. The number of rotatable bonds is 3. The quantitative estimate of drug-likeness (QED) is 0.588. The van der Waals surface area contributed by atoms with Crippen LogP contribution in [0.3, 0.4) is 0 Å². The minimum atomic E-state index is 0.000972. The molecule has 1 rings (SSSR count). The molecular formula is C8H13NO2. The molecule has 11 heavy (non-hydrogen) atoms. The van der Waals surface area contributed by atoms with Gasteiger partial charge in [-0.3, -0.25) is 4.79 Å². The molecule has 0 saturated carbocycles. The summed E-state index contributed by atoms with van der Waals surface area (Å²) in [5, 5.41) is 0. The monoisotopic (exact) mass is 155 g/mol. The molecule has 0 amide bonds. The molecule has 1 fully saturated rings. The molecule has 62 valence electrons. The van der Waals surface area contributed by atoms with Crippen LogP contribution in [0.1, 0.15) is 6.42 Å². The van der Waals surface area contributed by atoms with Gasteiger partial charge in [-0.25, -0.2) is 0 Å². The molecule has 0 radical (unpaired) electrons. The summed E-state index contributed by atoms with van der Waals surface area (Å²) >= 11 is 0. The highest BCUT2D eigenvalue weighted by molar-refractivity contribution is 5.91. The molecule has 1 aliphatic rings. The normalized spacial score (nSPS) is 30.3. The summed E-state index contributed by atoms with van der Waals surface area (Å²) in [7, 11) is 0. The maximum atomic E-state index is 11.0. The standard InChI is InChI=1S/C8H13NO2/c1-2-8(10)6-3-7(4-9)11-5-6/h2,6-7H,1,3-5,9H2. The second-order valence-corrected chi connectivity index (χ2v) is 2.73. The van der Waals surface area contributed by atoms with Crippen molar-refractivity contribution in [3.05, 3.63) is 12.7 Å². The Labute approximate surface area is 66.2 Å². The Bertz CT molecular complexity index is 167. The zero-order valence-corrected chi connectivity index (χ0v) is 6.45. The smallest absolute Gasteiger partial charge is 0.160 e. The van der Waals surface area contributed by atoms with Crippen molar-refractivity contribution in [2.45, 2.75) is 12.5 Å². The van der Waals surface area contributed by atoms with Crippen molar-refractivity contribution in [1.29, 1.82) is 0 Å². The second-order valence-electron chi connectivity index (χ2n) is 2.73. The van der Waals surface area contributed by atoms with E-state index in [4.69, 9.17) is 10.5 Å². The topological polar surface area (TPSA) is 52.3 Å². The van der Waals surface area contributed by atoms with Gasteiger partial charge in [0.15, 0.2) is 5.78 Å². The van der Waals surface area contributed by atoms with Gasteiger partial charge in [0.2, 0.25) is 0 Å². The van der Waals surface area contributed by atoms with E-state index in [1.165, 1.54) is 6.08 Å². The van der Waals surface area contributed by atoms with Gasteiger partial charge in [-0.15, -0.1) is 0 Å². The van der Waals surface area contributed by atoms with E-state index in [2.05, 4.69) is 6.58 Å². The third-order valence-electron chi connectivity index (χ3n) is 1.95. The van der Waals surface area contributed by atoms with Gasteiger partial charge in [0, 0.05) is 12.5 Å². The number of allylic oxidation sites excluding steroid dienone is 1. The summed E-state index contributed by atoms with van der Waals surface area (Å²) in [6.07, 6.45) is 2.18. The van der Waals surface area contributed by atoms with Gasteiger partial charge in [-0.05, 0) is 12.5 Å². The van der Waals surface area contributed by atoms with Gasteiger partial charge in [-0.1, -0.05) is 6.58 Å². The van der Waals surface area contributed by atoms with Crippen LogP contribution in [0.25, 0.3) is 0 Å². The van der Waals surface area contributed by atoms with Crippen LogP contribution in [0.4, 0.5) is 0 Å². The van der Waals surface area contributed by atoms with Crippen molar-refractivity contribution in [2.24, 2.45) is 11.7 Å². The fourth-order valence-electron chi connectivity index (χ4n) is 1.23. The molecule has 1 heterocycles. The van der Waals surface area contributed by atoms with E-state index >= 15 is 0 Å². The Kier molecular flexibility index (Phi) is 2.79. The molecular weight excluding hydrogens is 142 g/mol. The molecule has 0 aromatic carbocycles. The zero-order valence-electron chi connectivity index (χ0n) is 6.45. The highest BCUT2D eigenvalue weighted by Gasteiger charge is 2.27. The average Bonchev–Trinajstić information content (AvgIpc) is 2.50. The van der Waals surface area contributed by atoms with Gasteiger partial charge >= 0.3 is 0 Å². The molecule has 0 aromatic rings. The molecule has 1 saturated heterocycles. The minimum Gasteiger partial charge on any atom is -0.376 e. The number of ether oxygens (including phenoxy) is 1. The second kappa shape index (κ2) is 3.64. The number of nitrogens with two attached hydrogens (primary N) is 1. The predicted molar refractivity (Wildman–Crippen MR) is 42.1 cm³/mol. The summed E-state index contributed by atoms with van der Waals surface area (Å²) in [4.78, 5) is 11.0. The molecule has 2 N–H and O–H groups in total. The molecule has 3 nitrogen and oxygen atoms in total. The molecule has 2 unspecified atom stereocenters. The number of carbonyl (C=O) groups excluding carboxylic acids is 1. The van der Waals surface area contributed by atoms with E-state index in [9.17, 15) is 4.79 Å². The number of ketones is 1.